The van der Waals surface area contributed by atoms with Crippen molar-refractivity contribution in [2.75, 3.05) is 19.7 Å². The third-order valence-electron chi connectivity index (χ3n) is 4.39. The Kier molecular flexibility index (Phi) is 4.15. The summed E-state index contributed by atoms with van der Waals surface area (Å²) in [6, 6.07) is -0.916. The first kappa shape index (κ1) is 16.0. The minimum Gasteiger partial charge on any atom is -0.394 e. The van der Waals surface area contributed by atoms with E-state index in [0.29, 0.717) is 0 Å². The molecule has 1 unspecified atom stereocenters. The van der Waals surface area contributed by atoms with Gasteiger partial charge in [-0.15, -0.1) is 0 Å². The lowest BCUT2D eigenvalue weighted by Crippen LogP contribution is -2.48. The number of Topliss-reactive ketones (excluding diaryl/α,β-unsaturated/α-hetero) is 1. The number of alkyl halides is 1. The minimum atomic E-state index is -1.26. The average molecular weight is 326 g/mol. The van der Waals surface area contributed by atoms with Gasteiger partial charge in [0.2, 0.25) is 23.4 Å². The number of carbonyl (C=O) groups excluding carboxylic acids is 2. The number of aryl methyl sites for hydroxylation is 1. The maximum Gasteiger partial charge on any atom is 0.240 e. The van der Waals surface area contributed by atoms with Crippen molar-refractivity contribution in [3.8, 4) is 0 Å². The van der Waals surface area contributed by atoms with E-state index in [2.05, 4.69) is 15.5 Å². The normalized spacial score (nSPS) is 25.6. The van der Waals surface area contributed by atoms with Gasteiger partial charge in [0.05, 0.1) is 19.7 Å². The van der Waals surface area contributed by atoms with E-state index < -0.39 is 23.5 Å². The van der Waals surface area contributed by atoms with Gasteiger partial charge in [-0.1, -0.05) is 5.16 Å². The zero-order valence-electron chi connectivity index (χ0n) is 12.8. The number of ketones is 1. The van der Waals surface area contributed by atoms with Crippen LogP contribution < -0.4 is 5.32 Å². The average Bonchev–Trinajstić information content (AvgIpc) is 3.02. The van der Waals surface area contributed by atoms with E-state index in [9.17, 15) is 19.1 Å². The van der Waals surface area contributed by atoms with Crippen LogP contribution in [0.3, 0.4) is 0 Å². The number of aliphatic hydroxyl groups excluding tert-OH is 1. The van der Waals surface area contributed by atoms with Crippen LogP contribution in [0.25, 0.3) is 0 Å². The van der Waals surface area contributed by atoms with E-state index in [1.54, 1.807) is 6.92 Å². The summed E-state index contributed by atoms with van der Waals surface area (Å²) in [6.45, 7) is 1.34. The molecule has 2 heterocycles. The third-order valence-corrected chi connectivity index (χ3v) is 4.39. The van der Waals surface area contributed by atoms with Crippen LogP contribution in [0.5, 0.6) is 0 Å². The number of likely N-dealkylation sites (tertiary alicyclic amines) is 1. The molecular weight excluding hydrogens is 307 g/mol. The van der Waals surface area contributed by atoms with E-state index in [0.717, 1.165) is 12.8 Å². The maximum absolute atomic E-state index is 13.7. The zero-order valence-corrected chi connectivity index (χ0v) is 12.8. The number of halogens is 1. The molecule has 3 rings (SSSR count). The van der Waals surface area contributed by atoms with Crippen molar-refractivity contribution in [1.82, 2.24) is 20.4 Å². The van der Waals surface area contributed by atoms with Crippen LogP contribution in [-0.4, -0.2) is 69.3 Å². The molecule has 1 saturated heterocycles. The van der Waals surface area contributed by atoms with Crippen LogP contribution in [0.1, 0.15) is 35.8 Å². The molecule has 2 aliphatic rings. The van der Waals surface area contributed by atoms with Gasteiger partial charge < -0.3 is 19.8 Å². The van der Waals surface area contributed by atoms with Crippen molar-refractivity contribution in [2.24, 2.45) is 0 Å². The Balaban J connectivity index is 1.66. The number of carbonyl (C=O) groups is 2. The van der Waals surface area contributed by atoms with Crippen molar-refractivity contribution >= 4 is 11.7 Å². The van der Waals surface area contributed by atoms with E-state index in [1.165, 1.54) is 4.90 Å². The van der Waals surface area contributed by atoms with Gasteiger partial charge in [0, 0.05) is 18.9 Å². The lowest BCUT2D eigenvalue weighted by atomic mass is 10.1. The molecule has 23 heavy (non-hydrogen) atoms. The molecular formula is C14H19FN4O4. The first-order valence-electron chi connectivity index (χ1n) is 7.58. The summed E-state index contributed by atoms with van der Waals surface area (Å²) >= 11 is 0. The molecule has 2 atom stereocenters. The SMILES string of the molecule is Cc1nc(C(=O)C2C[C@H](F)CN2C(=O)CNC2(CO)CC2)no1. The van der Waals surface area contributed by atoms with Gasteiger partial charge in [-0.25, -0.2) is 4.39 Å². The molecule has 9 heteroatoms. The van der Waals surface area contributed by atoms with Gasteiger partial charge in [0.1, 0.15) is 12.2 Å². The Hall–Kier alpha value is -1.87. The molecule has 1 saturated carbocycles. The summed E-state index contributed by atoms with van der Waals surface area (Å²) in [6.07, 6.45) is 0.275. The smallest absolute Gasteiger partial charge is 0.240 e. The van der Waals surface area contributed by atoms with E-state index in [-0.39, 0.29) is 43.7 Å². The fourth-order valence-corrected chi connectivity index (χ4v) is 2.76. The first-order chi connectivity index (χ1) is 10.9. The fraction of sp³-hybridized carbons (Fsp3) is 0.714. The first-order valence-corrected chi connectivity index (χ1v) is 7.58. The molecule has 1 aliphatic carbocycles. The van der Waals surface area contributed by atoms with E-state index in [1.807, 2.05) is 0 Å². The van der Waals surface area contributed by atoms with Crippen LogP contribution in [0, 0.1) is 6.92 Å². The standard InChI is InChI=1S/C14H19FN4O4/c1-8-17-13(18-23-8)12(22)10-4-9(15)6-19(10)11(21)5-16-14(7-20)2-3-14/h9-10,16,20H,2-7H2,1H3/t9-,10?/m0/s1. The maximum atomic E-state index is 13.7. The highest BCUT2D eigenvalue weighted by molar-refractivity contribution is 5.99. The number of hydrogen-bond donors (Lipinski definition) is 2. The Bertz CT molecular complexity index is 616. The molecule has 1 aromatic heterocycles. The fourth-order valence-electron chi connectivity index (χ4n) is 2.76. The van der Waals surface area contributed by atoms with Gasteiger partial charge in [0.25, 0.3) is 0 Å². The van der Waals surface area contributed by atoms with Crippen molar-refractivity contribution in [2.45, 2.75) is 43.9 Å². The Morgan fingerprint density at radius 1 is 1.52 bits per heavy atom. The van der Waals surface area contributed by atoms with Gasteiger partial charge in [0.15, 0.2) is 0 Å². The molecule has 2 fully saturated rings. The van der Waals surface area contributed by atoms with Crippen LogP contribution in [0.2, 0.25) is 0 Å². The van der Waals surface area contributed by atoms with Gasteiger partial charge >= 0.3 is 0 Å². The molecule has 1 aliphatic heterocycles. The second-order valence-corrected chi connectivity index (χ2v) is 6.19. The number of hydrogen-bond acceptors (Lipinski definition) is 7. The third kappa shape index (κ3) is 3.25. The molecule has 1 amide bonds. The highest BCUT2D eigenvalue weighted by Crippen LogP contribution is 2.34. The molecule has 2 N–H and O–H groups in total. The van der Waals surface area contributed by atoms with Crippen molar-refractivity contribution in [1.29, 1.82) is 0 Å². The van der Waals surface area contributed by atoms with Crippen LogP contribution in [0.15, 0.2) is 4.52 Å². The summed E-state index contributed by atoms with van der Waals surface area (Å²) in [5, 5.41) is 15.8. The molecule has 0 radical (unpaired) electrons. The highest BCUT2D eigenvalue weighted by atomic mass is 19.1. The second-order valence-electron chi connectivity index (χ2n) is 6.19. The van der Waals surface area contributed by atoms with Gasteiger partial charge in [-0.3, -0.25) is 9.59 Å². The topological polar surface area (TPSA) is 109 Å². The van der Waals surface area contributed by atoms with Crippen molar-refractivity contribution < 1.29 is 23.6 Å². The summed E-state index contributed by atoms with van der Waals surface area (Å²) in [5.74, 6) is -0.787. The Morgan fingerprint density at radius 2 is 2.26 bits per heavy atom. The molecule has 1 aromatic rings. The monoisotopic (exact) mass is 326 g/mol. The number of nitrogens with zero attached hydrogens (tertiary/aromatic N) is 3. The van der Waals surface area contributed by atoms with Crippen molar-refractivity contribution in [3.05, 3.63) is 11.7 Å². The number of aromatic nitrogens is 2. The molecule has 8 nitrogen and oxygen atoms in total. The summed E-state index contributed by atoms with van der Waals surface area (Å²) < 4.78 is 18.5. The van der Waals surface area contributed by atoms with Crippen LogP contribution in [-0.2, 0) is 4.79 Å². The predicted molar refractivity (Wildman–Crippen MR) is 75.4 cm³/mol. The van der Waals surface area contributed by atoms with E-state index in [4.69, 9.17) is 4.52 Å². The number of amides is 1. The number of aliphatic hydroxyl groups is 1. The summed E-state index contributed by atoms with van der Waals surface area (Å²) in [7, 11) is 0. The Morgan fingerprint density at radius 3 is 2.83 bits per heavy atom. The van der Waals surface area contributed by atoms with Crippen LogP contribution >= 0.6 is 0 Å². The highest BCUT2D eigenvalue weighted by Gasteiger charge is 2.44. The van der Waals surface area contributed by atoms with Gasteiger partial charge in [-0.05, 0) is 12.8 Å². The predicted octanol–water partition coefficient (Wildman–Crippen LogP) is -0.386. The lowest BCUT2D eigenvalue weighted by molar-refractivity contribution is -0.130. The van der Waals surface area contributed by atoms with Crippen LogP contribution in [0.4, 0.5) is 4.39 Å². The van der Waals surface area contributed by atoms with E-state index >= 15 is 0 Å². The molecule has 0 bridgehead atoms. The number of nitrogens with one attached hydrogen (secondary N) is 1. The van der Waals surface area contributed by atoms with Gasteiger partial charge in [-0.2, -0.15) is 4.98 Å². The minimum absolute atomic E-state index is 0.0394. The quantitative estimate of drug-likeness (QED) is 0.686. The molecule has 126 valence electrons. The number of rotatable bonds is 6. The lowest BCUT2D eigenvalue weighted by Gasteiger charge is -2.24. The molecule has 0 spiro atoms. The summed E-state index contributed by atoms with van der Waals surface area (Å²) in [5.41, 5.74) is -0.394. The second kappa shape index (κ2) is 5.97. The largest absolute Gasteiger partial charge is 0.394 e. The Labute approximate surface area is 132 Å². The molecule has 0 aromatic carbocycles. The summed E-state index contributed by atoms with van der Waals surface area (Å²) in [4.78, 5) is 29.8. The zero-order chi connectivity index (χ0) is 16.6. The van der Waals surface area contributed by atoms with Crippen molar-refractivity contribution in [3.63, 3.8) is 0 Å².